The number of nitrogens with one attached hydrogen (secondary N) is 2. The van der Waals surface area contributed by atoms with Crippen molar-refractivity contribution in [2.24, 2.45) is 0 Å². The van der Waals surface area contributed by atoms with E-state index in [2.05, 4.69) is 44.7 Å². The number of rotatable bonds is 4. The van der Waals surface area contributed by atoms with E-state index in [1.165, 1.54) is 12.8 Å². The predicted octanol–water partition coefficient (Wildman–Crippen LogP) is 3.35. The molecule has 3 aromatic rings. The Morgan fingerprint density at radius 1 is 1.25 bits per heavy atom. The summed E-state index contributed by atoms with van der Waals surface area (Å²) in [6.07, 6.45) is 4.22. The van der Waals surface area contributed by atoms with E-state index in [0.717, 1.165) is 41.8 Å². The summed E-state index contributed by atoms with van der Waals surface area (Å²) in [7, 11) is 0. The molecule has 1 saturated heterocycles. The zero-order chi connectivity index (χ0) is 16.4. The molecule has 5 nitrogen and oxygen atoms in total. The van der Waals surface area contributed by atoms with Crippen LogP contribution in [-0.4, -0.2) is 39.3 Å². The van der Waals surface area contributed by atoms with Crippen molar-refractivity contribution in [3.8, 4) is 5.75 Å². The number of H-pyrrole nitrogens is 1. The number of nitrogens with zero attached hydrogens (tertiary/aromatic N) is 2. The fourth-order valence-corrected chi connectivity index (χ4v) is 3.50. The molecular formula is C19H22N4O. The molecule has 0 saturated carbocycles. The van der Waals surface area contributed by atoms with Crippen LogP contribution in [-0.2, 0) is 6.54 Å². The molecule has 1 aromatic heterocycles. The van der Waals surface area contributed by atoms with Gasteiger partial charge in [0.1, 0.15) is 5.75 Å². The number of benzene rings is 2. The molecule has 0 amide bonds. The Morgan fingerprint density at radius 3 is 3.12 bits per heavy atom. The number of phenolic OH excluding ortho intramolecular Hbond substituents is 1. The highest BCUT2D eigenvalue weighted by atomic mass is 16.3. The number of hydrogen-bond acceptors (Lipinski definition) is 4. The molecule has 1 aliphatic heterocycles. The van der Waals surface area contributed by atoms with Crippen LogP contribution in [0.5, 0.6) is 5.75 Å². The first kappa shape index (κ1) is 15.0. The average molecular weight is 322 g/mol. The summed E-state index contributed by atoms with van der Waals surface area (Å²) >= 11 is 0. The van der Waals surface area contributed by atoms with Gasteiger partial charge in [-0.2, -0.15) is 5.10 Å². The number of hydrogen-bond donors (Lipinski definition) is 3. The Morgan fingerprint density at radius 2 is 2.21 bits per heavy atom. The lowest BCUT2D eigenvalue weighted by molar-refractivity contribution is 0.208. The molecule has 4 rings (SSSR count). The summed E-state index contributed by atoms with van der Waals surface area (Å²) in [5.41, 5.74) is 3.37. The molecule has 1 fully saturated rings. The number of aromatic hydroxyl groups is 1. The molecule has 24 heavy (non-hydrogen) atoms. The molecule has 2 aromatic carbocycles. The van der Waals surface area contributed by atoms with Gasteiger partial charge in [0.15, 0.2) is 0 Å². The van der Waals surface area contributed by atoms with Gasteiger partial charge in [0.2, 0.25) is 0 Å². The molecule has 0 aliphatic carbocycles. The summed E-state index contributed by atoms with van der Waals surface area (Å²) in [5, 5.41) is 21.5. The SMILES string of the molecule is Oc1cccc(CN2CCC[C@@H](Nc3ccc4[nH]ncc4c3)C2)c1. The number of aromatic amines is 1. The van der Waals surface area contributed by atoms with Crippen LogP contribution in [0.4, 0.5) is 5.69 Å². The smallest absolute Gasteiger partial charge is 0.115 e. The van der Waals surface area contributed by atoms with Gasteiger partial charge in [-0.15, -0.1) is 0 Å². The second kappa shape index (κ2) is 6.53. The number of aromatic nitrogens is 2. The zero-order valence-corrected chi connectivity index (χ0v) is 13.6. The van der Waals surface area contributed by atoms with Crippen molar-refractivity contribution in [1.29, 1.82) is 0 Å². The molecule has 0 unspecified atom stereocenters. The third-order valence-electron chi connectivity index (χ3n) is 4.63. The third kappa shape index (κ3) is 3.36. The van der Waals surface area contributed by atoms with Gasteiger partial charge in [0, 0.05) is 30.2 Å². The molecule has 1 atom stereocenters. The molecule has 5 heteroatoms. The van der Waals surface area contributed by atoms with Crippen molar-refractivity contribution < 1.29 is 5.11 Å². The van der Waals surface area contributed by atoms with Crippen LogP contribution in [0, 0.1) is 0 Å². The van der Waals surface area contributed by atoms with Gasteiger partial charge in [-0.3, -0.25) is 10.00 Å². The van der Waals surface area contributed by atoms with E-state index in [1.807, 2.05) is 18.3 Å². The minimum Gasteiger partial charge on any atom is -0.508 e. The quantitative estimate of drug-likeness (QED) is 0.689. The van der Waals surface area contributed by atoms with E-state index in [-0.39, 0.29) is 0 Å². The molecule has 0 bridgehead atoms. The molecule has 124 valence electrons. The molecular weight excluding hydrogens is 300 g/mol. The number of fused-ring (bicyclic) bond motifs is 1. The van der Waals surface area contributed by atoms with Crippen LogP contribution in [0.25, 0.3) is 10.9 Å². The van der Waals surface area contributed by atoms with Crippen LogP contribution in [0.1, 0.15) is 18.4 Å². The first-order valence-corrected chi connectivity index (χ1v) is 8.46. The standard InChI is InChI=1S/C19H22N4O/c24-18-5-1-3-14(9-18)12-23-8-2-4-17(13-23)21-16-6-7-19-15(10-16)11-20-22-19/h1,3,5-7,9-11,17,21,24H,2,4,8,12-13H2,(H,20,22)/t17-/m1/s1. The van der Waals surface area contributed by atoms with Gasteiger partial charge >= 0.3 is 0 Å². The highest BCUT2D eigenvalue weighted by Gasteiger charge is 2.20. The summed E-state index contributed by atoms with van der Waals surface area (Å²) in [4.78, 5) is 2.45. The maximum atomic E-state index is 9.62. The lowest BCUT2D eigenvalue weighted by Crippen LogP contribution is -2.41. The summed E-state index contributed by atoms with van der Waals surface area (Å²) < 4.78 is 0. The summed E-state index contributed by atoms with van der Waals surface area (Å²) in [6.45, 7) is 3.00. The van der Waals surface area contributed by atoms with Crippen molar-refractivity contribution in [2.75, 3.05) is 18.4 Å². The van der Waals surface area contributed by atoms with Crippen LogP contribution in [0.15, 0.2) is 48.7 Å². The van der Waals surface area contributed by atoms with Crippen LogP contribution in [0.3, 0.4) is 0 Å². The Balaban J connectivity index is 1.40. The minimum atomic E-state index is 0.340. The van der Waals surface area contributed by atoms with Crippen molar-refractivity contribution in [3.05, 3.63) is 54.2 Å². The normalized spacial score (nSPS) is 18.8. The molecule has 1 aliphatic rings. The number of phenols is 1. The molecule has 0 spiro atoms. The zero-order valence-electron chi connectivity index (χ0n) is 13.6. The van der Waals surface area contributed by atoms with Crippen LogP contribution >= 0.6 is 0 Å². The average Bonchev–Trinajstić information content (AvgIpc) is 3.03. The van der Waals surface area contributed by atoms with Crippen molar-refractivity contribution in [2.45, 2.75) is 25.4 Å². The van der Waals surface area contributed by atoms with Crippen molar-refractivity contribution in [3.63, 3.8) is 0 Å². The highest BCUT2D eigenvalue weighted by Crippen LogP contribution is 2.21. The van der Waals surface area contributed by atoms with E-state index in [4.69, 9.17) is 0 Å². The minimum absolute atomic E-state index is 0.340. The van der Waals surface area contributed by atoms with Gasteiger partial charge in [0.05, 0.1) is 11.7 Å². The van der Waals surface area contributed by atoms with Gasteiger partial charge in [-0.1, -0.05) is 12.1 Å². The lowest BCUT2D eigenvalue weighted by Gasteiger charge is -2.33. The summed E-state index contributed by atoms with van der Waals surface area (Å²) in [5.74, 6) is 0.340. The maximum absolute atomic E-state index is 9.62. The first-order chi connectivity index (χ1) is 11.8. The van der Waals surface area contributed by atoms with E-state index in [0.29, 0.717) is 11.8 Å². The van der Waals surface area contributed by atoms with Crippen LogP contribution < -0.4 is 5.32 Å². The molecule has 2 heterocycles. The second-order valence-corrected chi connectivity index (χ2v) is 6.56. The van der Waals surface area contributed by atoms with Crippen molar-refractivity contribution >= 4 is 16.6 Å². The number of likely N-dealkylation sites (tertiary alicyclic amines) is 1. The van der Waals surface area contributed by atoms with Crippen LogP contribution in [0.2, 0.25) is 0 Å². The van der Waals surface area contributed by atoms with Gasteiger partial charge in [-0.05, 0) is 55.3 Å². The van der Waals surface area contributed by atoms with E-state index in [9.17, 15) is 5.11 Å². The highest BCUT2D eigenvalue weighted by molar-refractivity contribution is 5.81. The Labute approximate surface area is 141 Å². The predicted molar refractivity (Wildman–Crippen MR) is 96.1 cm³/mol. The van der Waals surface area contributed by atoms with E-state index < -0.39 is 0 Å². The fourth-order valence-electron chi connectivity index (χ4n) is 3.50. The number of piperidine rings is 1. The van der Waals surface area contributed by atoms with Gasteiger partial charge in [-0.25, -0.2) is 0 Å². The molecule has 0 radical (unpaired) electrons. The Kier molecular flexibility index (Phi) is 4.09. The van der Waals surface area contributed by atoms with Gasteiger partial charge in [0.25, 0.3) is 0 Å². The topological polar surface area (TPSA) is 64.2 Å². The van der Waals surface area contributed by atoms with Gasteiger partial charge < -0.3 is 10.4 Å². The Bertz CT molecular complexity index is 829. The summed E-state index contributed by atoms with van der Waals surface area (Å²) in [6, 6.07) is 14.3. The Hall–Kier alpha value is -2.53. The first-order valence-electron chi connectivity index (χ1n) is 8.46. The second-order valence-electron chi connectivity index (χ2n) is 6.56. The molecule has 3 N–H and O–H groups in total. The fraction of sp³-hybridized carbons (Fsp3) is 0.316. The lowest BCUT2D eigenvalue weighted by atomic mass is 10.0. The monoisotopic (exact) mass is 322 g/mol. The van der Waals surface area contributed by atoms with Crippen molar-refractivity contribution in [1.82, 2.24) is 15.1 Å². The largest absolute Gasteiger partial charge is 0.508 e. The maximum Gasteiger partial charge on any atom is 0.115 e. The third-order valence-corrected chi connectivity index (χ3v) is 4.63. The number of anilines is 1. The van der Waals surface area contributed by atoms with E-state index >= 15 is 0 Å². The van der Waals surface area contributed by atoms with E-state index in [1.54, 1.807) is 6.07 Å².